The quantitative estimate of drug-likeness (QED) is 0.781. The van der Waals surface area contributed by atoms with Gasteiger partial charge in [0.15, 0.2) is 5.82 Å². The highest BCUT2D eigenvalue weighted by molar-refractivity contribution is 5.90. The number of nitrogens with one attached hydrogen (secondary N) is 1. The fourth-order valence-corrected chi connectivity index (χ4v) is 5.41. The number of hydrogen-bond donors (Lipinski definition) is 1. The van der Waals surface area contributed by atoms with Crippen LogP contribution in [-0.2, 0) is 0 Å². The van der Waals surface area contributed by atoms with Crippen molar-refractivity contribution in [3.63, 3.8) is 0 Å². The maximum atomic E-state index is 13.1. The van der Waals surface area contributed by atoms with Crippen molar-refractivity contribution in [2.45, 2.75) is 63.8 Å². The SMILES string of the molecule is O=C(c1ncc[nH]1)N(CCN1CCCCC1)C[C@@H]1CCCN(C2CCCC2)C1. The molecule has 1 aliphatic carbocycles. The molecule has 1 aromatic rings. The molecular weight excluding hydrogens is 350 g/mol. The zero-order valence-corrected chi connectivity index (χ0v) is 17.3. The zero-order chi connectivity index (χ0) is 19.2. The molecule has 0 spiro atoms. The molecule has 3 heterocycles. The standard InChI is InChI=1S/C22H37N5O/c28-22(21-23-10-11-24-21)27(16-15-25-12-4-1-5-13-25)18-19-7-6-14-26(17-19)20-8-2-3-9-20/h10-11,19-20H,1-9,12-18H2,(H,23,24)/t19-/m1/s1. The van der Waals surface area contributed by atoms with Gasteiger partial charge in [-0.05, 0) is 64.1 Å². The Bertz CT molecular complexity index is 592. The number of imidazole rings is 1. The van der Waals surface area contributed by atoms with Gasteiger partial charge in [-0.15, -0.1) is 0 Å². The molecular formula is C22H37N5O. The molecule has 0 radical (unpaired) electrons. The minimum atomic E-state index is 0.0694. The number of aromatic amines is 1. The highest BCUT2D eigenvalue weighted by Crippen LogP contribution is 2.28. The third-order valence-electron chi connectivity index (χ3n) is 6.99. The van der Waals surface area contributed by atoms with Crippen molar-refractivity contribution in [1.29, 1.82) is 0 Å². The number of H-pyrrole nitrogens is 1. The van der Waals surface area contributed by atoms with E-state index in [2.05, 4.69) is 24.7 Å². The van der Waals surface area contributed by atoms with Crippen LogP contribution in [0.4, 0.5) is 0 Å². The van der Waals surface area contributed by atoms with Crippen molar-refractivity contribution < 1.29 is 4.79 Å². The summed E-state index contributed by atoms with van der Waals surface area (Å²) in [7, 11) is 0. The molecule has 6 heteroatoms. The fourth-order valence-electron chi connectivity index (χ4n) is 5.41. The van der Waals surface area contributed by atoms with Crippen LogP contribution in [-0.4, -0.2) is 82.4 Å². The first-order valence-electron chi connectivity index (χ1n) is 11.5. The number of likely N-dealkylation sites (tertiary alicyclic amines) is 2. The molecule has 2 aliphatic heterocycles. The molecule has 28 heavy (non-hydrogen) atoms. The molecule has 4 rings (SSSR count). The molecule has 1 amide bonds. The number of aromatic nitrogens is 2. The van der Waals surface area contributed by atoms with Gasteiger partial charge in [0.05, 0.1) is 0 Å². The second-order valence-corrected chi connectivity index (χ2v) is 9.03. The predicted octanol–water partition coefficient (Wildman–Crippen LogP) is 2.99. The first-order chi connectivity index (χ1) is 13.8. The van der Waals surface area contributed by atoms with E-state index in [9.17, 15) is 4.79 Å². The van der Waals surface area contributed by atoms with Crippen LogP contribution in [0.25, 0.3) is 0 Å². The van der Waals surface area contributed by atoms with E-state index in [1.807, 2.05) is 0 Å². The third kappa shape index (κ3) is 5.15. The lowest BCUT2D eigenvalue weighted by Gasteiger charge is -2.39. The van der Waals surface area contributed by atoms with Gasteiger partial charge in [0.1, 0.15) is 0 Å². The van der Waals surface area contributed by atoms with E-state index in [4.69, 9.17) is 0 Å². The lowest BCUT2D eigenvalue weighted by atomic mass is 9.95. The van der Waals surface area contributed by atoms with Crippen LogP contribution in [0.2, 0.25) is 0 Å². The summed E-state index contributed by atoms with van der Waals surface area (Å²) >= 11 is 0. The molecule has 0 unspecified atom stereocenters. The number of carbonyl (C=O) groups is 1. The molecule has 1 atom stereocenters. The van der Waals surface area contributed by atoms with Gasteiger partial charge in [0.2, 0.25) is 0 Å². The Morgan fingerprint density at radius 1 is 1.07 bits per heavy atom. The van der Waals surface area contributed by atoms with Crippen LogP contribution in [0.1, 0.15) is 68.4 Å². The van der Waals surface area contributed by atoms with Crippen molar-refractivity contribution >= 4 is 5.91 Å². The topological polar surface area (TPSA) is 55.5 Å². The molecule has 0 bridgehead atoms. The Kier molecular flexibility index (Phi) is 7.02. The van der Waals surface area contributed by atoms with Crippen molar-refractivity contribution in [2.75, 3.05) is 45.8 Å². The van der Waals surface area contributed by atoms with Gasteiger partial charge in [0, 0.05) is 44.6 Å². The summed E-state index contributed by atoms with van der Waals surface area (Å²) in [6, 6.07) is 0.797. The molecule has 3 fully saturated rings. The van der Waals surface area contributed by atoms with Crippen LogP contribution in [0.3, 0.4) is 0 Å². The van der Waals surface area contributed by atoms with Crippen molar-refractivity contribution in [3.05, 3.63) is 18.2 Å². The third-order valence-corrected chi connectivity index (χ3v) is 6.99. The maximum Gasteiger partial charge on any atom is 0.289 e. The van der Waals surface area contributed by atoms with Crippen LogP contribution in [0.15, 0.2) is 12.4 Å². The zero-order valence-electron chi connectivity index (χ0n) is 17.3. The Labute approximate surface area is 169 Å². The van der Waals surface area contributed by atoms with E-state index in [1.54, 1.807) is 12.4 Å². The molecule has 1 aromatic heterocycles. The molecule has 0 aromatic carbocycles. The summed E-state index contributed by atoms with van der Waals surface area (Å²) in [4.78, 5) is 27.7. The van der Waals surface area contributed by atoms with Gasteiger partial charge in [-0.1, -0.05) is 19.3 Å². The number of piperidine rings is 2. The lowest BCUT2D eigenvalue weighted by molar-refractivity contribution is 0.0600. The Morgan fingerprint density at radius 3 is 2.64 bits per heavy atom. The maximum absolute atomic E-state index is 13.1. The number of carbonyl (C=O) groups excluding carboxylic acids is 1. The van der Waals surface area contributed by atoms with Gasteiger partial charge < -0.3 is 19.7 Å². The molecule has 3 aliphatic rings. The Hall–Kier alpha value is -1.40. The summed E-state index contributed by atoms with van der Waals surface area (Å²) in [5.41, 5.74) is 0. The number of amides is 1. The minimum absolute atomic E-state index is 0.0694. The number of hydrogen-bond acceptors (Lipinski definition) is 4. The smallest absolute Gasteiger partial charge is 0.289 e. The van der Waals surface area contributed by atoms with E-state index < -0.39 is 0 Å². The van der Waals surface area contributed by atoms with Gasteiger partial charge in [-0.2, -0.15) is 0 Å². The van der Waals surface area contributed by atoms with Crippen LogP contribution >= 0.6 is 0 Å². The molecule has 156 valence electrons. The van der Waals surface area contributed by atoms with Crippen LogP contribution < -0.4 is 0 Å². The van der Waals surface area contributed by atoms with Crippen molar-refractivity contribution in [2.24, 2.45) is 5.92 Å². The first-order valence-corrected chi connectivity index (χ1v) is 11.5. The summed E-state index contributed by atoms with van der Waals surface area (Å²) in [6.07, 6.45) is 15.4. The van der Waals surface area contributed by atoms with Gasteiger partial charge in [-0.3, -0.25) is 4.79 Å². The highest BCUT2D eigenvalue weighted by Gasteiger charge is 2.30. The van der Waals surface area contributed by atoms with Crippen molar-refractivity contribution in [3.8, 4) is 0 Å². The van der Waals surface area contributed by atoms with E-state index in [-0.39, 0.29) is 5.91 Å². The summed E-state index contributed by atoms with van der Waals surface area (Å²) in [6.45, 7) is 7.46. The molecule has 1 saturated carbocycles. The van der Waals surface area contributed by atoms with E-state index in [1.165, 1.54) is 77.4 Å². The fraction of sp³-hybridized carbons (Fsp3) is 0.818. The van der Waals surface area contributed by atoms with Crippen LogP contribution in [0.5, 0.6) is 0 Å². The number of nitrogens with zero attached hydrogens (tertiary/aromatic N) is 4. The summed E-state index contributed by atoms with van der Waals surface area (Å²) in [5, 5.41) is 0. The second-order valence-electron chi connectivity index (χ2n) is 9.03. The normalized spacial score (nSPS) is 25.2. The number of rotatable bonds is 7. The molecule has 6 nitrogen and oxygen atoms in total. The van der Waals surface area contributed by atoms with Gasteiger partial charge in [-0.25, -0.2) is 4.98 Å². The Morgan fingerprint density at radius 2 is 1.89 bits per heavy atom. The first kappa shape index (κ1) is 19.9. The second kappa shape index (κ2) is 9.88. The Balaban J connectivity index is 1.36. The molecule has 1 N–H and O–H groups in total. The van der Waals surface area contributed by atoms with Crippen LogP contribution in [0, 0.1) is 5.92 Å². The molecule has 2 saturated heterocycles. The largest absolute Gasteiger partial charge is 0.341 e. The van der Waals surface area contributed by atoms with E-state index >= 15 is 0 Å². The average molecular weight is 388 g/mol. The van der Waals surface area contributed by atoms with E-state index in [0.717, 1.165) is 32.2 Å². The van der Waals surface area contributed by atoms with E-state index in [0.29, 0.717) is 11.7 Å². The van der Waals surface area contributed by atoms with Gasteiger partial charge >= 0.3 is 0 Å². The highest BCUT2D eigenvalue weighted by atomic mass is 16.2. The monoisotopic (exact) mass is 387 g/mol. The van der Waals surface area contributed by atoms with Gasteiger partial charge in [0.25, 0.3) is 5.91 Å². The average Bonchev–Trinajstić information content (AvgIpc) is 3.46. The minimum Gasteiger partial charge on any atom is -0.341 e. The predicted molar refractivity (Wildman–Crippen MR) is 111 cm³/mol. The summed E-state index contributed by atoms with van der Waals surface area (Å²) < 4.78 is 0. The summed E-state index contributed by atoms with van der Waals surface area (Å²) in [5.74, 6) is 1.15. The van der Waals surface area contributed by atoms with Crippen molar-refractivity contribution in [1.82, 2.24) is 24.7 Å². The lowest BCUT2D eigenvalue weighted by Crippen LogP contribution is -2.47.